The van der Waals surface area contributed by atoms with Crippen molar-refractivity contribution in [1.82, 2.24) is 0 Å². The smallest absolute Gasteiger partial charge is 0.316 e. The first-order valence-corrected chi connectivity index (χ1v) is 6.64. The van der Waals surface area contributed by atoms with Gasteiger partial charge in [0.05, 0.1) is 5.41 Å². The summed E-state index contributed by atoms with van der Waals surface area (Å²) in [5, 5.41) is 2.81. The van der Waals surface area contributed by atoms with Gasteiger partial charge in [-0.15, -0.1) is 0 Å². The standard InChI is InChI=1S/C16H23NO3/c1-15(2,3)13(18)17-11-7-9-12(10-8-11)20-14(19)16(4,5)6/h7-10H,1-6H3,(H,17,18). The number of benzene rings is 1. The van der Waals surface area contributed by atoms with E-state index in [1.165, 1.54) is 0 Å². The van der Waals surface area contributed by atoms with Crippen molar-refractivity contribution in [3.8, 4) is 5.75 Å². The molecule has 1 amide bonds. The number of carbonyl (C=O) groups is 2. The first kappa shape index (κ1) is 16.2. The molecule has 20 heavy (non-hydrogen) atoms. The molecule has 0 aliphatic rings. The number of amides is 1. The molecule has 0 aromatic heterocycles. The third-order valence-electron chi connectivity index (χ3n) is 2.62. The largest absolute Gasteiger partial charge is 0.426 e. The molecule has 1 N–H and O–H groups in total. The van der Waals surface area contributed by atoms with Crippen molar-refractivity contribution in [3.63, 3.8) is 0 Å². The van der Waals surface area contributed by atoms with Gasteiger partial charge in [-0.25, -0.2) is 0 Å². The third kappa shape index (κ3) is 4.68. The van der Waals surface area contributed by atoms with Gasteiger partial charge in [0.2, 0.25) is 5.91 Å². The third-order valence-corrected chi connectivity index (χ3v) is 2.62. The Morgan fingerprint density at radius 2 is 1.40 bits per heavy atom. The van der Waals surface area contributed by atoms with Gasteiger partial charge in [-0.2, -0.15) is 0 Å². The number of carbonyl (C=O) groups excluding carboxylic acids is 2. The van der Waals surface area contributed by atoms with E-state index in [9.17, 15) is 9.59 Å². The first-order chi connectivity index (χ1) is 9.00. The van der Waals surface area contributed by atoms with Gasteiger partial charge < -0.3 is 10.1 Å². The van der Waals surface area contributed by atoms with Crippen LogP contribution in [0.15, 0.2) is 24.3 Å². The SMILES string of the molecule is CC(C)(C)C(=O)Nc1ccc(OC(=O)C(C)(C)C)cc1. The lowest BCUT2D eigenvalue weighted by Gasteiger charge is -2.18. The Balaban J connectivity index is 2.71. The Hall–Kier alpha value is -1.84. The van der Waals surface area contributed by atoms with Crippen molar-refractivity contribution >= 4 is 17.6 Å². The van der Waals surface area contributed by atoms with Crippen LogP contribution < -0.4 is 10.1 Å². The lowest BCUT2D eigenvalue weighted by Crippen LogP contribution is -2.27. The van der Waals surface area contributed by atoms with Crippen molar-refractivity contribution < 1.29 is 14.3 Å². The van der Waals surface area contributed by atoms with Gasteiger partial charge in [0.15, 0.2) is 0 Å². The molecule has 1 aromatic carbocycles. The van der Waals surface area contributed by atoms with Crippen LogP contribution in [0.25, 0.3) is 0 Å². The average molecular weight is 277 g/mol. The zero-order valence-electron chi connectivity index (χ0n) is 13.0. The number of ether oxygens (including phenoxy) is 1. The maximum atomic E-state index is 11.8. The van der Waals surface area contributed by atoms with Crippen LogP contribution in [-0.2, 0) is 9.59 Å². The summed E-state index contributed by atoms with van der Waals surface area (Å²) in [5.74, 6) is 0.125. The summed E-state index contributed by atoms with van der Waals surface area (Å²) in [4.78, 5) is 23.6. The molecule has 0 saturated carbocycles. The minimum absolute atomic E-state index is 0.0584. The number of esters is 1. The summed E-state index contributed by atoms with van der Waals surface area (Å²) in [5.41, 5.74) is -0.309. The maximum absolute atomic E-state index is 11.8. The topological polar surface area (TPSA) is 55.4 Å². The molecule has 1 rings (SSSR count). The molecule has 0 atom stereocenters. The Kier molecular flexibility index (Phi) is 4.58. The fourth-order valence-corrected chi connectivity index (χ4v) is 1.19. The van der Waals surface area contributed by atoms with Crippen molar-refractivity contribution in [2.24, 2.45) is 10.8 Å². The molecule has 0 radical (unpaired) electrons. The summed E-state index contributed by atoms with van der Waals surface area (Å²) in [7, 11) is 0. The van der Waals surface area contributed by atoms with Crippen LogP contribution in [0.5, 0.6) is 5.75 Å². The number of rotatable bonds is 2. The van der Waals surface area contributed by atoms with Crippen LogP contribution in [0.4, 0.5) is 5.69 Å². The lowest BCUT2D eigenvalue weighted by molar-refractivity contribution is -0.143. The number of anilines is 1. The van der Waals surface area contributed by atoms with Gasteiger partial charge in [-0.05, 0) is 45.0 Å². The van der Waals surface area contributed by atoms with Crippen molar-refractivity contribution in [1.29, 1.82) is 0 Å². The highest BCUT2D eigenvalue weighted by molar-refractivity contribution is 5.94. The van der Waals surface area contributed by atoms with Crippen LogP contribution in [0, 0.1) is 10.8 Å². The van der Waals surface area contributed by atoms with Crippen molar-refractivity contribution in [3.05, 3.63) is 24.3 Å². The molecular formula is C16H23NO3. The molecule has 110 valence electrons. The van der Waals surface area contributed by atoms with Crippen molar-refractivity contribution in [2.45, 2.75) is 41.5 Å². The normalized spacial score (nSPS) is 11.9. The molecular weight excluding hydrogens is 254 g/mol. The van der Waals surface area contributed by atoms with Gasteiger partial charge in [-0.3, -0.25) is 9.59 Å². The van der Waals surface area contributed by atoms with Crippen LogP contribution in [0.2, 0.25) is 0 Å². The van der Waals surface area contributed by atoms with E-state index in [0.717, 1.165) is 0 Å². The van der Waals surface area contributed by atoms with Gasteiger partial charge in [0.1, 0.15) is 5.75 Å². The predicted octanol–water partition coefficient (Wildman–Crippen LogP) is 3.62. The van der Waals surface area contributed by atoms with Gasteiger partial charge >= 0.3 is 5.97 Å². The quantitative estimate of drug-likeness (QED) is 0.663. The second kappa shape index (κ2) is 5.65. The Labute approximate surface area is 120 Å². The second-order valence-electron chi connectivity index (χ2n) is 6.87. The molecule has 1 aromatic rings. The molecule has 4 heteroatoms. The number of hydrogen-bond acceptors (Lipinski definition) is 3. The Morgan fingerprint density at radius 3 is 1.80 bits per heavy atom. The molecule has 0 aliphatic heterocycles. The van der Waals surface area contributed by atoms with Gasteiger partial charge in [0, 0.05) is 11.1 Å². The van der Waals surface area contributed by atoms with Crippen LogP contribution in [0.3, 0.4) is 0 Å². The van der Waals surface area contributed by atoms with Crippen LogP contribution >= 0.6 is 0 Å². The van der Waals surface area contributed by atoms with Crippen molar-refractivity contribution in [2.75, 3.05) is 5.32 Å². The van der Waals surface area contributed by atoms with E-state index in [1.54, 1.807) is 45.0 Å². The molecule has 4 nitrogen and oxygen atoms in total. The average Bonchev–Trinajstić information content (AvgIpc) is 2.29. The fourth-order valence-electron chi connectivity index (χ4n) is 1.19. The zero-order valence-corrected chi connectivity index (χ0v) is 13.0. The predicted molar refractivity (Wildman–Crippen MR) is 79.6 cm³/mol. The van der Waals surface area contributed by atoms with E-state index >= 15 is 0 Å². The Morgan fingerprint density at radius 1 is 0.900 bits per heavy atom. The summed E-state index contributed by atoms with van der Waals surface area (Å²) < 4.78 is 5.25. The molecule has 0 fully saturated rings. The summed E-state index contributed by atoms with van der Waals surface area (Å²) in [6, 6.07) is 6.77. The number of hydrogen-bond donors (Lipinski definition) is 1. The summed E-state index contributed by atoms with van der Waals surface area (Å²) in [6.45, 7) is 10.9. The van der Waals surface area contributed by atoms with E-state index in [0.29, 0.717) is 11.4 Å². The van der Waals surface area contributed by atoms with E-state index in [4.69, 9.17) is 4.74 Å². The highest BCUT2D eigenvalue weighted by Gasteiger charge is 2.24. The summed E-state index contributed by atoms with van der Waals surface area (Å²) in [6.07, 6.45) is 0. The van der Waals surface area contributed by atoms with E-state index < -0.39 is 10.8 Å². The van der Waals surface area contributed by atoms with E-state index in [1.807, 2.05) is 20.8 Å². The molecule has 0 aliphatic carbocycles. The molecule has 0 unspecified atom stereocenters. The molecule has 0 saturated heterocycles. The van der Waals surface area contributed by atoms with E-state index in [2.05, 4.69) is 5.32 Å². The van der Waals surface area contributed by atoms with E-state index in [-0.39, 0.29) is 11.9 Å². The van der Waals surface area contributed by atoms with Gasteiger partial charge in [-0.1, -0.05) is 20.8 Å². The molecule has 0 bridgehead atoms. The number of nitrogens with one attached hydrogen (secondary N) is 1. The first-order valence-electron chi connectivity index (χ1n) is 6.64. The molecule has 0 heterocycles. The Bertz CT molecular complexity index is 443. The lowest BCUT2D eigenvalue weighted by atomic mass is 9.95. The molecule has 0 spiro atoms. The fraction of sp³-hybridized carbons (Fsp3) is 0.500. The summed E-state index contributed by atoms with van der Waals surface area (Å²) >= 11 is 0. The minimum atomic E-state index is -0.543. The minimum Gasteiger partial charge on any atom is -0.426 e. The zero-order chi connectivity index (χ0) is 15.6. The monoisotopic (exact) mass is 277 g/mol. The highest BCUT2D eigenvalue weighted by atomic mass is 16.5. The van der Waals surface area contributed by atoms with Crippen LogP contribution in [-0.4, -0.2) is 11.9 Å². The van der Waals surface area contributed by atoms with Crippen LogP contribution in [0.1, 0.15) is 41.5 Å². The highest BCUT2D eigenvalue weighted by Crippen LogP contribution is 2.22. The van der Waals surface area contributed by atoms with Gasteiger partial charge in [0.25, 0.3) is 0 Å². The second-order valence-corrected chi connectivity index (χ2v) is 6.87. The maximum Gasteiger partial charge on any atom is 0.316 e.